The van der Waals surface area contributed by atoms with E-state index in [-0.39, 0.29) is 0 Å². The second kappa shape index (κ2) is 5.97. The van der Waals surface area contributed by atoms with Crippen LogP contribution in [-0.2, 0) is 20.0 Å². The lowest BCUT2D eigenvalue weighted by molar-refractivity contribution is 0.680. The molecular formula is C18H24N4. The van der Waals surface area contributed by atoms with Crippen LogP contribution in [0.25, 0.3) is 10.9 Å². The van der Waals surface area contributed by atoms with Gasteiger partial charge in [-0.15, -0.1) is 0 Å². The van der Waals surface area contributed by atoms with E-state index in [0.717, 1.165) is 25.2 Å². The van der Waals surface area contributed by atoms with Gasteiger partial charge in [0.25, 0.3) is 0 Å². The molecular weight excluding hydrogens is 272 g/mol. The number of H-pyrrole nitrogens is 1. The van der Waals surface area contributed by atoms with Crippen LogP contribution in [0.2, 0.25) is 0 Å². The zero-order valence-corrected chi connectivity index (χ0v) is 13.8. The van der Waals surface area contributed by atoms with Crippen LogP contribution in [0.3, 0.4) is 0 Å². The SMILES string of the molecule is Cc1nn(C)c(C)c1CNCCc1c[nH]c2cccc(C)c12. The fraction of sp³-hybridized carbons (Fsp3) is 0.389. The molecule has 2 aromatic heterocycles. The Morgan fingerprint density at radius 1 is 1.23 bits per heavy atom. The molecule has 0 saturated carbocycles. The summed E-state index contributed by atoms with van der Waals surface area (Å²) in [5.41, 5.74) is 7.64. The molecule has 0 fully saturated rings. The largest absolute Gasteiger partial charge is 0.361 e. The highest BCUT2D eigenvalue weighted by molar-refractivity contribution is 5.86. The molecule has 0 radical (unpaired) electrons. The maximum atomic E-state index is 4.46. The van der Waals surface area contributed by atoms with Crippen molar-refractivity contribution in [1.82, 2.24) is 20.1 Å². The maximum absolute atomic E-state index is 4.46. The van der Waals surface area contributed by atoms with E-state index in [1.54, 1.807) is 0 Å². The Labute approximate surface area is 131 Å². The smallest absolute Gasteiger partial charge is 0.0641 e. The maximum Gasteiger partial charge on any atom is 0.0641 e. The van der Waals surface area contributed by atoms with E-state index in [1.165, 1.54) is 33.3 Å². The molecule has 0 aliphatic carbocycles. The fourth-order valence-electron chi connectivity index (χ4n) is 3.16. The Kier molecular flexibility index (Phi) is 4.03. The molecule has 0 atom stereocenters. The van der Waals surface area contributed by atoms with Crippen LogP contribution < -0.4 is 5.32 Å². The van der Waals surface area contributed by atoms with Gasteiger partial charge in [0, 0.05) is 41.9 Å². The molecule has 116 valence electrons. The molecule has 3 rings (SSSR count). The van der Waals surface area contributed by atoms with Crippen molar-refractivity contribution >= 4 is 10.9 Å². The van der Waals surface area contributed by atoms with Crippen molar-refractivity contribution in [3.05, 3.63) is 52.5 Å². The van der Waals surface area contributed by atoms with Crippen LogP contribution in [0, 0.1) is 20.8 Å². The number of nitrogens with one attached hydrogen (secondary N) is 2. The summed E-state index contributed by atoms with van der Waals surface area (Å²) in [6, 6.07) is 6.42. The number of benzene rings is 1. The zero-order valence-electron chi connectivity index (χ0n) is 13.8. The Bertz CT molecular complexity index is 795. The van der Waals surface area contributed by atoms with Crippen LogP contribution in [0.5, 0.6) is 0 Å². The van der Waals surface area contributed by atoms with Gasteiger partial charge in [0.2, 0.25) is 0 Å². The van der Waals surface area contributed by atoms with Crippen molar-refractivity contribution in [3.63, 3.8) is 0 Å². The van der Waals surface area contributed by atoms with Crippen molar-refractivity contribution in [2.24, 2.45) is 7.05 Å². The average Bonchev–Trinajstić information content (AvgIpc) is 3.00. The molecule has 4 heteroatoms. The summed E-state index contributed by atoms with van der Waals surface area (Å²) in [7, 11) is 2.00. The van der Waals surface area contributed by atoms with Crippen molar-refractivity contribution < 1.29 is 0 Å². The third-order valence-electron chi connectivity index (χ3n) is 4.53. The van der Waals surface area contributed by atoms with Crippen LogP contribution in [0.4, 0.5) is 0 Å². The molecule has 0 bridgehead atoms. The molecule has 2 N–H and O–H groups in total. The Balaban J connectivity index is 1.63. The third-order valence-corrected chi connectivity index (χ3v) is 4.53. The highest BCUT2D eigenvalue weighted by Crippen LogP contribution is 2.22. The van der Waals surface area contributed by atoms with Gasteiger partial charge in [0.15, 0.2) is 0 Å². The van der Waals surface area contributed by atoms with E-state index in [1.807, 2.05) is 11.7 Å². The minimum atomic E-state index is 0.882. The van der Waals surface area contributed by atoms with Crippen LogP contribution in [-0.4, -0.2) is 21.3 Å². The summed E-state index contributed by atoms with van der Waals surface area (Å²) >= 11 is 0. The Morgan fingerprint density at radius 3 is 2.77 bits per heavy atom. The van der Waals surface area contributed by atoms with Gasteiger partial charge in [0.05, 0.1) is 5.69 Å². The highest BCUT2D eigenvalue weighted by atomic mass is 15.3. The minimum absolute atomic E-state index is 0.882. The molecule has 0 aliphatic heterocycles. The van der Waals surface area contributed by atoms with E-state index in [2.05, 4.69) is 60.6 Å². The topological polar surface area (TPSA) is 45.6 Å². The van der Waals surface area contributed by atoms with Crippen LogP contribution in [0.1, 0.15) is 28.1 Å². The molecule has 2 heterocycles. The number of aromatic nitrogens is 3. The molecule has 0 unspecified atom stereocenters. The van der Waals surface area contributed by atoms with Gasteiger partial charge in [0.1, 0.15) is 0 Å². The quantitative estimate of drug-likeness (QED) is 0.710. The first kappa shape index (κ1) is 14.9. The molecule has 0 amide bonds. The molecule has 22 heavy (non-hydrogen) atoms. The van der Waals surface area contributed by atoms with Gasteiger partial charge >= 0.3 is 0 Å². The van der Waals surface area contributed by atoms with E-state index < -0.39 is 0 Å². The summed E-state index contributed by atoms with van der Waals surface area (Å²) in [4.78, 5) is 3.37. The lowest BCUT2D eigenvalue weighted by Crippen LogP contribution is -2.17. The van der Waals surface area contributed by atoms with Crippen molar-refractivity contribution in [1.29, 1.82) is 0 Å². The van der Waals surface area contributed by atoms with E-state index in [0.29, 0.717) is 0 Å². The first-order valence-corrected chi connectivity index (χ1v) is 7.83. The van der Waals surface area contributed by atoms with E-state index in [4.69, 9.17) is 0 Å². The number of rotatable bonds is 5. The molecule has 1 aromatic carbocycles. The monoisotopic (exact) mass is 296 g/mol. The fourth-order valence-corrected chi connectivity index (χ4v) is 3.16. The van der Waals surface area contributed by atoms with Crippen molar-refractivity contribution in [2.75, 3.05) is 6.54 Å². The van der Waals surface area contributed by atoms with Crippen molar-refractivity contribution in [3.8, 4) is 0 Å². The van der Waals surface area contributed by atoms with E-state index >= 15 is 0 Å². The van der Waals surface area contributed by atoms with Crippen LogP contribution >= 0.6 is 0 Å². The zero-order chi connectivity index (χ0) is 15.7. The molecule has 0 aliphatic rings. The third kappa shape index (κ3) is 2.66. The van der Waals surface area contributed by atoms with Crippen molar-refractivity contribution in [2.45, 2.75) is 33.7 Å². The summed E-state index contributed by atoms with van der Waals surface area (Å²) < 4.78 is 1.95. The molecule has 0 saturated heterocycles. The molecule has 0 spiro atoms. The number of fused-ring (bicyclic) bond motifs is 1. The van der Waals surface area contributed by atoms with Gasteiger partial charge in [-0.1, -0.05) is 12.1 Å². The number of hydrogen-bond acceptors (Lipinski definition) is 2. The number of aromatic amines is 1. The normalized spacial score (nSPS) is 11.5. The predicted octanol–water partition coefficient (Wildman–Crippen LogP) is 3.16. The standard InChI is InChI=1S/C18H24N4/c1-12-6-5-7-17-18(12)15(10-20-17)8-9-19-11-16-13(2)21-22(4)14(16)3/h5-7,10,19-20H,8-9,11H2,1-4H3. The second-order valence-corrected chi connectivity index (χ2v) is 6.01. The summed E-state index contributed by atoms with van der Waals surface area (Å²) in [5.74, 6) is 0. The van der Waals surface area contributed by atoms with E-state index in [9.17, 15) is 0 Å². The first-order valence-electron chi connectivity index (χ1n) is 7.83. The number of hydrogen-bond donors (Lipinski definition) is 2. The van der Waals surface area contributed by atoms with Gasteiger partial charge in [-0.05, 0) is 50.9 Å². The summed E-state index contributed by atoms with van der Waals surface area (Å²) in [6.07, 6.45) is 3.17. The van der Waals surface area contributed by atoms with Gasteiger partial charge in [-0.3, -0.25) is 4.68 Å². The van der Waals surface area contributed by atoms with Gasteiger partial charge in [-0.2, -0.15) is 5.10 Å². The van der Waals surface area contributed by atoms with Crippen LogP contribution in [0.15, 0.2) is 24.4 Å². The van der Waals surface area contributed by atoms with Gasteiger partial charge in [-0.25, -0.2) is 0 Å². The lowest BCUT2D eigenvalue weighted by atomic mass is 10.1. The number of aryl methyl sites for hydroxylation is 3. The lowest BCUT2D eigenvalue weighted by Gasteiger charge is -2.06. The Morgan fingerprint density at radius 2 is 2.05 bits per heavy atom. The second-order valence-electron chi connectivity index (χ2n) is 6.01. The first-order chi connectivity index (χ1) is 10.6. The Hall–Kier alpha value is -2.07. The van der Waals surface area contributed by atoms with Gasteiger partial charge < -0.3 is 10.3 Å². The summed E-state index contributed by atoms with van der Waals surface area (Å²) in [5, 5.41) is 9.39. The average molecular weight is 296 g/mol. The minimum Gasteiger partial charge on any atom is -0.361 e. The summed E-state index contributed by atoms with van der Waals surface area (Å²) in [6.45, 7) is 8.23. The molecule has 4 nitrogen and oxygen atoms in total. The predicted molar refractivity (Wildman–Crippen MR) is 91.1 cm³/mol. The highest BCUT2D eigenvalue weighted by Gasteiger charge is 2.09. The molecule has 3 aromatic rings. The number of nitrogens with zero attached hydrogens (tertiary/aromatic N) is 2.